The van der Waals surface area contributed by atoms with Gasteiger partial charge < -0.3 is 0 Å². The fraction of sp³-hybridized carbons (Fsp3) is 0.133. The molecule has 0 amide bonds. The van der Waals surface area contributed by atoms with E-state index < -0.39 is 5.82 Å². The van der Waals surface area contributed by atoms with Gasteiger partial charge in [0.1, 0.15) is 17.4 Å². The molecule has 0 aliphatic heterocycles. The molecule has 0 radical (unpaired) electrons. The maximum absolute atomic E-state index is 13.9. The number of H-pyrrole nitrogens is 1. The molecule has 0 unspecified atom stereocenters. The zero-order valence-corrected chi connectivity index (χ0v) is 12.3. The number of hydrogen-bond acceptors (Lipinski definition) is 3. The number of nitrogens with one attached hydrogen (secondary N) is 1. The molecule has 0 atom stereocenters. The zero-order chi connectivity index (χ0) is 15.9. The quantitative estimate of drug-likeness (QED) is 0.789. The van der Waals surface area contributed by atoms with Crippen molar-refractivity contribution in [3.8, 4) is 6.07 Å². The Kier molecular flexibility index (Phi) is 3.43. The van der Waals surface area contributed by atoms with Crippen LogP contribution in [0.2, 0.25) is 5.02 Å². The van der Waals surface area contributed by atoms with Crippen molar-refractivity contribution >= 4 is 17.2 Å². The Bertz CT molecular complexity index is 963. The van der Waals surface area contributed by atoms with Gasteiger partial charge in [-0.3, -0.25) is 9.89 Å². The Hall–Kier alpha value is -2.65. The van der Waals surface area contributed by atoms with E-state index in [1.54, 1.807) is 13.0 Å². The summed E-state index contributed by atoms with van der Waals surface area (Å²) in [6.45, 7) is 1.65. The maximum atomic E-state index is 13.9. The Morgan fingerprint density at radius 1 is 1.45 bits per heavy atom. The summed E-state index contributed by atoms with van der Waals surface area (Å²) in [7, 11) is 0. The normalized spacial score (nSPS) is 10.8. The van der Waals surface area contributed by atoms with E-state index in [0.717, 1.165) is 0 Å². The van der Waals surface area contributed by atoms with E-state index in [9.17, 15) is 9.18 Å². The predicted molar refractivity (Wildman–Crippen MR) is 79.5 cm³/mol. The summed E-state index contributed by atoms with van der Waals surface area (Å²) in [5, 5.41) is 11.9. The third-order valence-corrected chi connectivity index (χ3v) is 3.85. The van der Waals surface area contributed by atoms with Gasteiger partial charge in [-0.25, -0.2) is 13.9 Å². The molecule has 7 heteroatoms. The van der Waals surface area contributed by atoms with Gasteiger partial charge in [-0.2, -0.15) is 5.26 Å². The van der Waals surface area contributed by atoms with Gasteiger partial charge in [0.05, 0.1) is 0 Å². The standard InChI is InChI=1S/C15H10ClFN4O/c1-8-10(5-11-12(16)3-2-4-13(11)17)15(22)21-14(20-8)9(6-18)7-19-21/h2-4,7,19H,5H2,1H3. The Morgan fingerprint density at radius 3 is 2.91 bits per heavy atom. The van der Waals surface area contributed by atoms with Crippen LogP contribution >= 0.6 is 11.6 Å². The molecule has 110 valence electrons. The second kappa shape index (κ2) is 5.28. The minimum atomic E-state index is -0.472. The third-order valence-electron chi connectivity index (χ3n) is 3.50. The Balaban J connectivity index is 2.21. The number of hydrogen-bond donors (Lipinski definition) is 1. The molecule has 0 spiro atoms. The van der Waals surface area contributed by atoms with E-state index in [2.05, 4.69) is 10.1 Å². The van der Waals surface area contributed by atoms with Crippen molar-refractivity contribution in [2.45, 2.75) is 13.3 Å². The van der Waals surface area contributed by atoms with Crippen LogP contribution in [0.5, 0.6) is 0 Å². The monoisotopic (exact) mass is 316 g/mol. The Morgan fingerprint density at radius 2 is 2.23 bits per heavy atom. The fourth-order valence-electron chi connectivity index (χ4n) is 2.32. The number of aryl methyl sites for hydroxylation is 1. The molecule has 1 N–H and O–H groups in total. The average Bonchev–Trinajstić information content (AvgIpc) is 2.89. The molecule has 22 heavy (non-hydrogen) atoms. The predicted octanol–water partition coefficient (Wildman–Crippen LogP) is 2.59. The molecule has 3 aromatic rings. The molecule has 0 fully saturated rings. The zero-order valence-electron chi connectivity index (χ0n) is 11.5. The summed E-state index contributed by atoms with van der Waals surface area (Å²) in [6, 6.07) is 6.33. The lowest BCUT2D eigenvalue weighted by atomic mass is 10.0. The molecule has 0 saturated carbocycles. The van der Waals surface area contributed by atoms with Gasteiger partial charge >= 0.3 is 0 Å². The van der Waals surface area contributed by atoms with Crippen LogP contribution in [0.15, 0.2) is 29.2 Å². The van der Waals surface area contributed by atoms with Crippen molar-refractivity contribution in [1.29, 1.82) is 5.26 Å². The number of halogens is 2. The van der Waals surface area contributed by atoms with Crippen LogP contribution < -0.4 is 5.56 Å². The van der Waals surface area contributed by atoms with Crippen LogP contribution in [0.25, 0.3) is 5.65 Å². The van der Waals surface area contributed by atoms with Crippen LogP contribution in [-0.4, -0.2) is 14.6 Å². The van der Waals surface area contributed by atoms with Crippen LogP contribution in [-0.2, 0) is 6.42 Å². The topological polar surface area (TPSA) is 73.9 Å². The lowest BCUT2D eigenvalue weighted by molar-refractivity contribution is 0.613. The van der Waals surface area contributed by atoms with Crippen LogP contribution in [0.3, 0.4) is 0 Å². The van der Waals surface area contributed by atoms with Crippen LogP contribution in [0.1, 0.15) is 22.4 Å². The van der Waals surface area contributed by atoms with Crippen molar-refractivity contribution in [1.82, 2.24) is 14.6 Å². The maximum Gasteiger partial charge on any atom is 0.276 e. The first-order valence-corrected chi connectivity index (χ1v) is 6.83. The first kappa shape index (κ1) is 14.3. The highest BCUT2D eigenvalue weighted by Crippen LogP contribution is 2.22. The highest BCUT2D eigenvalue weighted by atomic mass is 35.5. The molecule has 0 aliphatic carbocycles. The summed E-state index contributed by atoms with van der Waals surface area (Å²) in [6.07, 6.45) is 1.44. The molecule has 0 bridgehead atoms. The molecule has 1 aromatic carbocycles. The van der Waals surface area contributed by atoms with Gasteiger partial charge in [0.15, 0.2) is 5.65 Å². The molecule has 2 aromatic heterocycles. The van der Waals surface area contributed by atoms with E-state index in [-0.39, 0.29) is 33.8 Å². The largest absolute Gasteiger partial charge is 0.295 e. The van der Waals surface area contributed by atoms with E-state index in [4.69, 9.17) is 16.9 Å². The number of nitrogens with zero attached hydrogens (tertiary/aromatic N) is 3. The van der Waals surface area contributed by atoms with Gasteiger partial charge in [0.2, 0.25) is 0 Å². The van der Waals surface area contributed by atoms with Crippen LogP contribution in [0, 0.1) is 24.1 Å². The lowest BCUT2D eigenvalue weighted by Gasteiger charge is -2.08. The third kappa shape index (κ3) is 2.16. The minimum absolute atomic E-state index is 0.0347. The summed E-state index contributed by atoms with van der Waals surface area (Å²) in [4.78, 5) is 16.8. The van der Waals surface area contributed by atoms with Crippen molar-refractivity contribution in [2.75, 3.05) is 0 Å². The van der Waals surface area contributed by atoms with Crippen molar-refractivity contribution in [2.24, 2.45) is 0 Å². The van der Waals surface area contributed by atoms with Gasteiger partial charge in [0.25, 0.3) is 5.56 Å². The van der Waals surface area contributed by atoms with Gasteiger partial charge in [-0.15, -0.1) is 0 Å². The molecule has 3 rings (SSSR count). The second-order valence-electron chi connectivity index (χ2n) is 4.82. The number of fused-ring (bicyclic) bond motifs is 1. The molecular formula is C15H10ClFN4O. The average molecular weight is 317 g/mol. The number of aromatic amines is 1. The molecule has 2 heterocycles. The van der Waals surface area contributed by atoms with E-state index >= 15 is 0 Å². The van der Waals surface area contributed by atoms with Gasteiger partial charge in [-0.1, -0.05) is 17.7 Å². The summed E-state index contributed by atoms with van der Waals surface area (Å²) in [5.41, 5.74) is 1.18. The summed E-state index contributed by atoms with van der Waals surface area (Å²) in [5.74, 6) is -0.472. The van der Waals surface area contributed by atoms with Gasteiger partial charge in [0, 0.05) is 34.5 Å². The number of rotatable bonds is 2. The summed E-state index contributed by atoms with van der Waals surface area (Å²) < 4.78 is 15.1. The lowest BCUT2D eigenvalue weighted by Crippen LogP contribution is -2.22. The van der Waals surface area contributed by atoms with E-state index in [1.165, 1.54) is 22.8 Å². The Labute approximate surface area is 129 Å². The van der Waals surface area contributed by atoms with E-state index in [1.807, 2.05) is 6.07 Å². The molecular weight excluding hydrogens is 307 g/mol. The molecule has 5 nitrogen and oxygen atoms in total. The SMILES string of the molecule is Cc1nc2c(C#N)c[nH]n2c(=O)c1Cc1c(F)cccc1Cl. The number of aromatic nitrogens is 3. The minimum Gasteiger partial charge on any atom is -0.295 e. The highest BCUT2D eigenvalue weighted by molar-refractivity contribution is 6.31. The van der Waals surface area contributed by atoms with Crippen molar-refractivity contribution in [3.63, 3.8) is 0 Å². The first-order chi connectivity index (χ1) is 10.5. The van der Waals surface area contributed by atoms with E-state index in [0.29, 0.717) is 11.3 Å². The smallest absolute Gasteiger partial charge is 0.276 e. The second-order valence-corrected chi connectivity index (χ2v) is 5.22. The van der Waals surface area contributed by atoms with Crippen molar-refractivity contribution < 1.29 is 4.39 Å². The first-order valence-electron chi connectivity index (χ1n) is 6.45. The fourth-order valence-corrected chi connectivity index (χ4v) is 2.55. The van der Waals surface area contributed by atoms with Gasteiger partial charge in [-0.05, 0) is 19.1 Å². The molecule has 0 aliphatic rings. The number of benzene rings is 1. The van der Waals surface area contributed by atoms with Crippen LogP contribution in [0.4, 0.5) is 4.39 Å². The highest BCUT2D eigenvalue weighted by Gasteiger charge is 2.17. The van der Waals surface area contributed by atoms with Crippen molar-refractivity contribution in [3.05, 3.63) is 68.0 Å². The molecule has 0 saturated heterocycles. The number of nitriles is 1. The summed E-state index contributed by atoms with van der Waals surface area (Å²) >= 11 is 6.01.